The second-order valence-electron chi connectivity index (χ2n) is 9.61. The zero-order valence-electron chi connectivity index (χ0n) is 21.4. The normalized spacial score (nSPS) is 14.7. The highest BCUT2D eigenvalue weighted by Gasteiger charge is 2.33. The Morgan fingerprint density at radius 1 is 1.05 bits per heavy atom. The molecule has 0 bridgehead atoms. The van der Waals surface area contributed by atoms with Crippen LogP contribution in [0.4, 0.5) is 0 Å². The first-order chi connectivity index (χ1) is 18.0. The van der Waals surface area contributed by atoms with Gasteiger partial charge in [0.25, 0.3) is 11.8 Å². The molecule has 2 amide bonds. The summed E-state index contributed by atoms with van der Waals surface area (Å²) >= 11 is 12.3. The van der Waals surface area contributed by atoms with Crippen molar-refractivity contribution in [2.45, 2.75) is 32.8 Å². The van der Waals surface area contributed by atoms with Crippen LogP contribution in [-0.2, 0) is 16.8 Å². The van der Waals surface area contributed by atoms with E-state index in [1.807, 2.05) is 6.07 Å². The lowest BCUT2D eigenvalue weighted by molar-refractivity contribution is -0.123. The molecule has 4 rings (SSSR count). The molecule has 3 aromatic rings. The average Bonchev–Trinajstić information content (AvgIpc) is 3.15. The van der Waals surface area contributed by atoms with Gasteiger partial charge in [0.15, 0.2) is 15.8 Å². The van der Waals surface area contributed by atoms with Crippen LogP contribution in [0.15, 0.2) is 71.6 Å². The van der Waals surface area contributed by atoms with Crippen LogP contribution >= 0.6 is 35.6 Å². The molecule has 1 fully saturated rings. The summed E-state index contributed by atoms with van der Waals surface area (Å²) in [6, 6.07) is 20.1. The summed E-state index contributed by atoms with van der Waals surface area (Å²) in [7, 11) is 1.57. The summed E-state index contributed by atoms with van der Waals surface area (Å²) in [5.41, 5.74) is 6.05. The van der Waals surface area contributed by atoms with Crippen molar-refractivity contribution in [2.24, 2.45) is 0 Å². The highest BCUT2D eigenvalue weighted by atomic mass is 35.5. The van der Waals surface area contributed by atoms with Crippen molar-refractivity contribution >= 4 is 57.8 Å². The summed E-state index contributed by atoms with van der Waals surface area (Å²) in [6.45, 7) is 6.94. The number of thiocarbonyl (C=S) groups is 1. The van der Waals surface area contributed by atoms with Gasteiger partial charge in [-0.2, -0.15) is 5.01 Å². The highest BCUT2D eigenvalue weighted by molar-refractivity contribution is 8.26. The predicted molar refractivity (Wildman–Crippen MR) is 156 cm³/mol. The van der Waals surface area contributed by atoms with Gasteiger partial charge < -0.3 is 9.47 Å². The third-order valence-electron chi connectivity index (χ3n) is 5.81. The SMILES string of the molecule is COc1cc(/C=C2/SC(=S)N(NC(=O)c3ccc(Cl)cc3)C2=O)ccc1OCc1ccc(C(C)(C)C)cc1. The van der Waals surface area contributed by atoms with Gasteiger partial charge in [0.2, 0.25) is 0 Å². The smallest absolute Gasteiger partial charge is 0.285 e. The maximum Gasteiger partial charge on any atom is 0.285 e. The summed E-state index contributed by atoms with van der Waals surface area (Å²) < 4.78 is 11.8. The van der Waals surface area contributed by atoms with Crippen molar-refractivity contribution in [3.05, 3.63) is 98.9 Å². The first-order valence-corrected chi connectivity index (χ1v) is 13.4. The number of thioether (sulfide) groups is 1. The minimum atomic E-state index is -0.463. The number of benzene rings is 3. The third-order valence-corrected chi connectivity index (χ3v) is 7.37. The van der Waals surface area contributed by atoms with Crippen LogP contribution in [0.3, 0.4) is 0 Å². The van der Waals surface area contributed by atoms with E-state index < -0.39 is 11.8 Å². The van der Waals surface area contributed by atoms with Crippen LogP contribution in [0.2, 0.25) is 5.02 Å². The first-order valence-electron chi connectivity index (χ1n) is 11.8. The van der Waals surface area contributed by atoms with E-state index in [0.717, 1.165) is 27.9 Å². The molecule has 0 aliphatic carbocycles. The summed E-state index contributed by atoms with van der Waals surface area (Å²) in [4.78, 5) is 25.9. The maximum atomic E-state index is 13.0. The fourth-order valence-electron chi connectivity index (χ4n) is 3.64. The Labute approximate surface area is 236 Å². The second-order valence-corrected chi connectivity index (χ2v) is 11.7. The van der Waals surface area contributed by atoms with E-state index in [-0.39, 0.29) is 9.74 Å². The molecular formula is C29H27ClN2O4S2. The van der Waals surface area contributed by atoms with Gasteiger partial charge >= 0.3 is 0 Å². The Kier molecular flexibility index (Phi) is 8.45. The topological polar surface area (TPSA) is 67.9 Å². The summed E-state index contributed by atoms with van der Waals surface area (Å²) in [6.07, 6.45) is 1.70. The molecule has 0 radical (unpaired) electrons. The molecule has 1 heterocycles. The summed E-state index contributed by atoms with van der Waals surface area (Å²) in [5, 5.41) is 1.58. The molecule has 196 valence electrons. The number of nitrogens with one attached hydrogen (secondary N) is 1. The van der Waals surface area contributed by atoms with Gasteiger partial charge in [0.1, 0.15) is 6.61 Å². The third kappa shape index (κ3) is 6.56. The van der Waals surface area contributed by atoms with Crippen molar-refractivity contribution in [2.75, 3.05) is 7.11 Å². The summed E-state index contributed by atoms with van der Waals surface area (Å²) in [5.74, 6) is 0.250. The van der Waals surface area contributed by atoms with Crippen LogP contribution < -0.4 is 14.9 Å². The Morgan fingerprint density at radius 3 is 2.37 bits per heavy atom. The molecule has 0 atom stereocenters. The van der Waals surface area contributed by atoms with E-state index in [2.05, 4.69) is 50.5 Å². The number of carbonyl (C=O) groups excluding carboxylic acids is 2. The first kappa shape index (κ1) is 27.7. The fraction of sp³-hybridized carbons (Fsp3) is 0.207. The molecule has 6 nitrogen and oxygen atoms in total. The Balaban J connectivity index is 1.44. The number of methoxy groups -OCH3 is 1. The number of nitrogens with zero attached hydrogens (tertiary/aromatic N) is 1. The zero-order chi connectivity index (χ0) is 27.4. The Hall–Kier alpha value is -3.33. The van der Waals surface area contributed by atoms with Crippen LogP contribution in [0.5, 0.6) is 11.5 Å². The van der Waals surface area contributed by atoms with Crippen LogP contribution in [0, 0.1) is 0 Å². The van der Waals surface area contributed by atoms with Gasteiger partial charge in [-0.3, -0.25) is 15.0 Å². The molecule has 38 heavy (non-hydrogen) atoms. The predicted octanol–water partition coefficient (Wildman–Crippen LogP) is 6.77. The van der Waals surface area contributed by atoms with E-state index in [4.69, 9.17) is 33.3 Å². The van der Waals surface area contributed by atoms with Crippen LogP contribution in [-0.4, -0.2) is 28.3 Å². The van der Waals surface area contributed by atoms with Gasteiger partial charge in [0, 0.05) is 10.6 Å². The van der Waals surface area contributed by atoms with Crippen molar-refractivity contribution in [3.8, 4) is 11.5 Å². The molecule has 1 N–H and O–H groups in total. The molecule has 1 aliphatic rings. The van der Waals surface area contributed by atoms with Crippen LogP contribution in [0.1, 0.15) is 47.8 Å². The van der Waals surface area contributed by atoms with Crippen molar-refractivity contribution < 1.29 is 19.1 Å². The molecule has 1 aliphatic heterocycles. The van der Waals surface area contributed by atoms with Gasteiger partial charge in [-0.1, -0.05) is 74.5 Å². The average molecular weight is 567 g/mol. The molecule has 1 saturated heterocycles. The number of ether oxygens (including phenoxy) is 2. The van der Waals surface area contributed by atoms with E-state index in [1.165, 1.54) is 5.56 Å². The van der Waals surface area contributed by atoms with Gasteiger partial charge in [0.05, 0.1) is 12.0 Å². The monoisotopic (exact) mass is 566 g/mol. The quantitative estimate of drug-likeness (QED) is 0.251. The lowest BCUT2D eigenvalue weighted by Crippen LogP contribution is -2.44. The minimum absolute atomic E-state index is 0.0923. The molecule has 0 aromatic heterocycles. The molecule has 0 spiro atoms. The van der Waals surface area contributed by atoms with E-state index in [9.17, 15) is 9.59 Å². The number of hydrazine groups is 1. The lowest BCUT2D eigenvalue weighted by Gasteiger charge is -2.19. The Bertz CT molecular complexity index is 1400. The number of rotatable bonds is 7. The zero-order valence-corrected chi connectivity index (χ0v) is 23.8. The van der Waals surface area contributed by atoms with E-state index >= 15 is 0 Å². The van der Waals surface area contributed by atoms with Gasteiger partial charge in [-0.25, -0.2) is 0 Å². The number of halogens is 1. The maximum absolute atomic E-state index is 13.0. The number of hydrogen-bond acceptors (Lipinski definition) is 6. The molecule has 3 aromatic carbocycles. The van der Waals surface area contributed by atoms with Gasteiger partial charge in [-0.15, -0.1) is 0 Å². The standard InChI is InChI=1S/C29H27ClN2O4S2/c1-29(2,3)21-10-5-18(6-11-21)17-36-23-14-7-19(15-24(23)35-4)16-25-27(34)32(28(37)38-25)31-26(33)20-8-12-22(30)13-9-20/h5-16H,17H2,1-4H3,(H,31,33)/b25-16+. The van der Waals surface area contributed by atoms with Crippen molar-refractivity contribution in [1.29, 1.82) is 0 Å². The molecule has 9 heteroatoms. The van der Waals surface area contributed by atoms with Crippen molar-refractivity contribution in [1.82, 2.24) is 10.4 Å². The molecular weight excluding hydrogens is 540 g/mol. The van der Waals surface area contributed by atoms with E-state index in [1.54, 1.807) is 49.6 Å². The van der Waals surface area contributed by atoms with Crippen molar-refractivity contribution in [3.63, 3.8) is 0 Å². The second kappa shape index (κ2) is 11.6. The largest absolute Gasteiger partial charge is 0.493 e. The Morgan fingerprint density at radius 2 is 1.74 bits per heavy atom. The van der Waals surface area contributed by atoms with Crippen LogP contribution in [0.25, 0.3) is 6.08 Å². The number of carbonyl (C=O) groups is 2. The molecule has 0 unspecified atom stereocenters. The van der Waals surface area contributed by atoms with Gasteiger partial charge in [-0.05, 0) is 76.8 Å². The fourth-order valence-corrected chi connectivity index (χ4v) is 4.94. The lowest BCUT2D eigenvalue weighted by atomic mass is 9.87. The highest BCUT2D eigenvalue weighted by Crippen LogP contribution is 2.34. The van der Waals surface area contributed by atoms with E-state index in [0.29, 0.717) is 33.6 Å². The molecule has 0 saturated carbocycles. The number of hydrogen-bond donors (Lipinski definition) is 1. The number of amides is 2. The minimum Gasteiger partial charge on any atom is -0.493 e.